The Morgan fingerprint density at radius 3 is 1.10 bits per heavy atom. The zero-order valence-corrected chi connectivity index (χ0v) is 22.9. The highest BCUT2D eigenvalue weighted by molar-refractivity contribution is 6.61. The normalized spacial score (nSPS) is 13.2. The van der Waals surface area contributed by atoms with Crippen molar-refractivity contribution < 1.29 is 31.7 Å². The summed E-state index contributed by atoms with van der Waals surface area (Å²) in [7, 11) is -5.41. The standard InChI is InChI=1S/C21H49NO7Si2/c1-7-24-30(25-8-2,26-9-3)19-13-15-21(23,17-18-22)16-14-20-31(27-10-4,28-11-5)29-12-6/h23H,7-20,22H2,1-6H3. The van der Waals surface area contributed by atoms with Crippen molar-refractivity contribution in [3.63, 3.8) is 0 Å². The van der Waals surface area contributed by atoms with Gasteiger partial charge in [0.25, 0.3) is 0 Å². The molecule has 0 rings (SSSR count). The van der Waals surface area contributed by atoms with Crippen molar-refractivity contribution in [2.75, 3.05) is 46.2 Å². The van der Waals surface area contributed by atoms with Crippen LogP contribution in [0.25, 0.3) is 0 Å². The molecule has 0 atom stereocenters. The van der Waals surface area contributed by atoms with E-state index >= 15 is 0 Å². The molecule has 0 bridgehead atoms. The van der Waals surface area contributed by atoms with Gasteiger partial charge in [-0.05, 0) is 80.2 Å². The molecule has 8 nitrogen and oxygen atoms in total. The summed E-state index contributed by atoms with van der Waals surface area (Å²) in [5.41, 5.74) is 4.98. The smallest absolute Gasteiger partial charge is 0.390 e. The van der Waals surface area contributed by atoms with Gasteiger partial charge in [0.2, 0.25) is 0 Å². The van der Waals surface area contributed by atoms with Gasteiger partial charge in [0.05, 0.1) is 5.60 Å². The Morgan fingerprint density at radius 1 is 0.581 bits per heavy atom. The van der Waals surface area contributed by atoms with E-state index in [2.05, 4.69) is 0 Å². The lowest BCUT2D eigenvalue weighted by Gasteiger charge is -2.33. The highest BCUT2D eigenvalue weighted by atomic mass is 28.4. The van der Waals surface area contributed by atoms with E-state index in [1.54, 1.807) is 0 Å². The van der Waals surface area contributed by atoms with Crippen LogP contribution in [0.3, 0.4) is 0 Å². The molecule has 0 aromatic heterocycles. The fraction of sp³-hybridized carbons (Fsp3) is 1.00. The van der Waals surface area contributed by atoms with Crippen molar-refractivity contribution in [1.82, 2.24) is 0 Å². The van der Waals surface area contributed by atoms with Crippen molar-refractivity contribution in [2.24, 2.45) is 5.73 Å². The third-order valence-corrected chi connectivity index (χ3v) is 11.3. The van der Waals surface area contributed by atoms with Gasteiger partial charge in [-0.25, -0.2) is 0 Å². The lowest BCUT2D eigenvalue weighted by molar-refractivity contribution is 0.0103. The quantitative estimate of drug-likeness (QED) is 0.225. The second-order valence-electron chi connectivity index (χ2n) is 7.43. The van der Waals surface area contributed by atoms with E-state index in [0.717, 1.165) is 12.8 Å². The Hall–Kier alpha value is 0.114. The molecule has 0 saturated carbocycles. The number of aliphatic hydroxyl groups is 1. The second-order valence-corrected chi connectivity index (χ2v) is 12.9. The predicted molar refractivity (Wildman–Crippen MR) is 128 cm³/mol. The van der Waals surface area contributed by atoms with E-state index in [1.165, 1.54) is 0 Å². The second kappa shape index (κ2) is 17.6. The summed E-state index contributed by atoms with van der Waals surface area (Å²) in [6, 6.07) is 1.37. The minimum absolute atomic E-state index is 0.437. The van der Waals surface area contributed by atoms with E-state index in [9.17, 15) is 5.11 Å². The third-order valence-electron chi connectivity index (χ3n) is 5.05. The van der Waals surface area contributed by atoms with Gasteiger partial charge in [0.15, 0.2) is 0 Å². The number of rotatable bonds is 22. The molecule has 0 unspecified atom stereocenters. The third kappa shape index (κ3) is 12.2. The Balaban J connectivity index is 5.01. The predicted octanol–water partition coefficient (Wildman–Crippen LogP) is 3.72. The van der Waals surface area contributed by atoms with Gasteiger partial charge in [-0.3, -0.25) is 0 Å². The molecule has 0 spiro atoms. The number of nitrogens with two attached hydrogens (primary N) is 1. The summed E-state index contributed by atoms with van der Waals surface area (Å²) in [6.07, 6.45) is 3.31. The van der Waals surface area contributed by atoms with E-state index in [4.69, 9.17) is 32.3 Å². The summed E-state index contributed by atoms with van der Waals surface area (Å²) in [5.74, 6) is 0. The molecule has 188 valence electrons. The lowest BCUT2D eigenvalue weighted by atomic mass is 9.89. The molecule has 0 saturated heterocycles. The molecular weight excluding hydrogens is 434 g/mol. The summed E-state index contributed by atoms with van der Waals surface area (Å²) in [5, 5.41) is 11.3. The first-order valence-electron chi connectivity index (χ1n) is 12.1. The van der Waals surface area contributed by atoms with Crippen LogP contribution in [0, 0.1) is 0 Å². The van der Waals surface area contributed by atoms with Crippen LogP contribution < -0.4 is 5.73 Å². The van der Waals surface area contributed by atoms with E-state index < -0.39 is 23.2 Å². The van der Waals surface area contributed by atoms with Crippen LogP contribution in [0.4, 0.5) is 0 Å². The Kier molecular flexibility index (Phi) is 17.6. The lowest BCUT2D eigenvalue weighted by Crippen LogP contribution is -2.47. The minimum atomic E-state index is -2.71. The topological polar surface area (TPSA) is 102 Å². The maximum absolute atomic E-state index is 11.3. The highest BCUT2D eigenvalue weighted by Crippen LogP contribution is 2.30. The van der Waals surface area contributed by atoms with Crippen LogP contribution in [-0.4, -0.2) is 74.5 Å². The van der Waals surface area contributed by atoms with E-state index in [1.807, 2.05) is 41.5 Å². The molecule has 10 heteroatoms. The maximum atomic E-state index is 11.3. The molecule has 0 amide bonds. The highest BCUT2D eigenvalue weighted by Gasteiger charge is 2.42. The average molecular weight is 484 g/mol. The summed E-state index contributed by atoms with van der Waals surface area (Å²) >= 11 is 0. The molecule has 0 fully saturated rings. The van der Waals surface area contributed by atoms with E-state index in [-0.39, 0.29) is 0 Å². The van der Waals surface area contributed by atoms with Gasteiger partial charge in [-0.1, -0.05) is 0 Å². The van der Waals surface area contributed by atoms with Crippen molar-refractivity contribution in [1.29, 1.82) is 0 Å². The molecule has 0 aliphatic heterocycles. The van der Waals surface area contributed by atoms with Gasteiger partial charge in [0.1, 0.15) is 0 Å². The molecular formula is C21H49NO7Si2. The zero-order valence-electron chi connectivity index (χ0n) is 20.9. The molecule has 0 aliphatic carbocycles. The fourth-order valence-electron chi connectivity index (χ4n) is 3.91. The summed E-state index contributed by atoms with van der Waals surface area (Å²) in [4.78, 5) is 0. The monoisotopic (exact) mass is 483 g/mol. The first-order valence-corrected chi connectivity index (χ1v) is 16.0. The van der Waals surface area contributed by atoms with Crippen molar-refractivity contribution in [3.05, 3.63) is 0 Å². The average Bonchev–Trinajstić information content (AvgIpc) is 2.69. The first-order chi connectivity index (χ1) is 14.8. The molecule has 3 N–H and O–H groups in total. The van der Waals surface area contributed by atoms with Crippen LogP contribution in [-0.2, 0) is 26.6 Å². The Labute approximate surface area is 192 Å². The molecule has 0 aromatic carbocycles. The number of hydrogen-bond donors (Lipinski definition) is 2. The largest absolute Gasteiger partial charge is 0.500 e. The molecule has 0 aliphatic rings. The molecule has 0 radical (unpaired) electrons. The van der Waals surface area contributed by atoms with Crippen LogP contribution in [0.2, 0.25) is 12.1 Å². The van der Waals surface area contributed by atoms with Crippen molar-refractivity contribution in [3.8, 4) is 0 Å². The Bertz CT molecular complexity index is 366. The van der Waals surface area contributed by atoms with Crippen LogP contribution in [0.1, 0.15) is 73.6 Å². The number of hydrogen-bond acceptors (Lipinski definition) is 8. The fourth-order valence-corrected chi connectivity index (χ4v) is 9.14. The minimum Gasteiger partial charge on any atom is -0.390 e. The molecule has 0 aromatic rings. The van der Waals surface area contributed by atoms with Gasteiger partial charge in [0, 0.05) is 51.7 Å². The Morgan fingerprint density at radius 2 is 0.871 bits per heavy atom. The van der Waals surface area contributed by atoms with Gasteiger partial charge in [-0.15, -0.1) is 0 Å². The van der Waals surface area contributed by atoms with Crippen molar-refractivity contribution in [2.45, 2.75) is 91.3 Å². The van der Waals surface area contributed by atoms with Crippen molar-refractivity contribution >= 4 is 17.6 Å². The van der Waals surface area contributed by atoms with Crippen LogP contribution in [0.15, 0.2) is 0 Å². The van der Waals surface area contributed by atoms with Gasteiger partial charge < -0.3 is 37.4 Å². The zero-order chi connectivity index (χ0) is 23.6. The van der Waals surface area contributed by atoms with E-state index in [0.29, 0.717) is 77.5 Å². The van der Waals surface area contributed by atoms with Crippen LogP contribution in [0.5, 0.6) is 0 Å². The maximum Gasteiger partial charge on any atom is 0.500 e. The summed E-state index contributed by atoms with van der Waals surface area (Å²) in [6.45, 7) is 15.5. The van der Waals surface area contributed by atoms with Gasteiger partial charge in [-0.2, -0.15) is 0 Å². The molecule has 0 heterocycles. The van der Waals surface area contributed by atoms with Gasteiger partial charge >= 0.3 is 17.6 Å². The summed E-state index contributed by atoms with van der Waals surface area (Å²) < 4.78 is 35.6. The SMILES string of the molecule is CCO[Si](CCCC(O)(CCN)CCC[Si](OCC)(OCC)OCC)(OCC)OCC. The van der Waals surface area contributed by atoms with Crippen LogP contribution >= 0.6 is 0 Å². The first kappa shape index (κ1) is 31.1. The molecule has 31 heavy (non-hydrogen) atoms.